The Kier molecular flexibility index (Phi) is 7.02. The van der Waals surface area contributed by atoms with Crippen molar-refractivity contribution >= 4 is 23.5 Å². The number of nitrogens with zero attached hydrogens (tertiary/aromatic N) is 1. The molecule has 0 spiro atoms. The van der Waals surface area contributed by atoms with Gasteiger partial charge in [0.25, 0.3) is 0 Å². The van der Waals surface area contributed by atoms with Gasteiger partial charge in [0.2, 0.25) is 0 Å². The Morgan fingerprint density at radius 1 is 1.08 bits per heavy atom. The Balaban J connectivity index is 2.00. The predicted octanol–water partition coefficient (Wildman–Crippen LogP) is 4.78. The quantitative estimate of drug-likeness (QED) is 0.668. The van der Waals surface area contributed by atoms with E-state index in [2.05, 4.69) is 0 Å². The molecule has 1 atom stereocenters. The third kappa shape index (κ3) is 5.61. The van der Waals surface area contributed by atoms with E-state index in [9.17, 15) is 9.59 Å². The standard InChI is InChI=1S/C20H22ClNO3/c1-15(16-8-10-18(21)11-9-16)14-22(20(24)25-2)13-12-19(23)17-6-4-3-5-7-17/h3-11,15H,12-14H2,1-2H3/t15-/m1/s1. The van der Waals surface area contributed by atoms with Gasteiger partial charge in [-0.3, -0.25) is 4.79 Å². The van der Waals surface area contributed by atoms with E-state index in [4.69, 9.17) is 16.3 Å². The molecule has 132 valence electrons. The van der Waals surface area contributed by atoms with Gasteiger partial charge in [-0.2, -0.15) is 0 Å². The lowest BCUT2D eigenvalue weighted by atomic mass is 10.0. The second-order valence-electron chi connectivity index (χ2n) is 5.91. The van der Waals surface area contributed by atoms with Crippen LogP contribution in [0.5, 0.6) is 0 Å². The molecular weight excluding hydrogens is 338 g/mol. The number of ether oxygens (including phenoxy) is 1. The van der Waals surface area contributed by atoms with Crippen molar-refractivity contribution in [2.75, 3.05) is 20.2 Å². The Bertz CT molecular complexity index is 701. The van der Waals surface area contributed by atoms with Crippen LogP contribution in [0.3, 0.4) is 0 Å². The number of benzene rings is 2. The predicted molar refractivity (Wildman–Crippen MR) is 99.2 cm³/mol. The van der Waals surface area contributed by atoms with E-state index in [1.165, 1.54) is 7.11 Å². The van der Waals surface area contributed by atoms with Crippen LogP contribution in [0.25, 0.3) is 0 Å². The molecule has 25 heavy (non-hydrogen) atoms. The maximum atomic E-state index is 12.3. The van der Waals surface area contributed by atoms with E-state index in [1.54, 1.807) is 17.0 Å². The van der Waals surface area contributed by atoms with Crippen LogP contribution in [-0.2, 0) is 4.74 Å². The van der Waals surface area contributed by atoms with Gasteiger partial charge in [-0.25, -0.2) is 4.79 Å². The van der Waals surface area contributed by atoms with Crippen LogP contribution in [0.4, 0.5) is 4.79 Å². The third-order valence-corrected chi connectivity index (χ3v) is 4.32. The first kappa shape index (κ1) is 19.0. The van der Waals surface area contributed by atoms with E-state index >= 15 is 0 Å². The van der Waals surface area contributed by atoms with Gasteiger partial charge in [-0.15, -0.1) is 0 Å². The minimum absolute atomic E-state index is 0.00801. The molecule has 0 saturated heterocycles. The van der Waals surface area contributed by atoms with Crippen molar-refractivity contribution in [2.45, 2.75) is 19.3 Å². The molecule has 0 N–H and O–H groups in total. The lowest BCUT2D eigenvalue weighted by Crippen LogP contribution is -2.35. The van der Waals surface area contributed by atoms with E-state index in [-0.39, 0.29) is 18.1 Å². The summed E-state index contributed by atoms with van der Waals surface area (Å²) < 4.78 is 4.86. The fourth-order valence-corrected chi connectivity index (χ4v) is 2.74. The van der Waals surface area contributed by atoms with E-state index in [0.717, 1.165) is 5.56 Å². The number of rotatable bonds is 7. The smallest absolute Gasteiger partial charge is 0.409 e. The van der Waals surface area contributed by atoms with Gasteiger partial charge in [0.1, 0.15) is 0 Å². The molecule has 0 fully saturated rings. The zero-order valence-electron chi connectivity index (χ0n) is 14.4. The highest BCUT2D eigenvalue weighted by Gasteiger charge is 2.19. The molecule has 0 aliphatic rings. The maximum Gasteiger partial charge on any atom is 0.409 e. The van der Waals surface area contributed by atoms with E-state index < -0.39 is 6.09 Å². The summed E-state index contributed by atoms with van der Waals surface area (Å²) in [6, 6.07) is 16.6. The summed E-state index contributed by atoms with van der Waals surface area (Å²) in [5, 5.41) is 0.675. The molecule has 2 rings (SSSR count). The van der Waals surface area contributed by atoms with Gasteiger partial charge in [-0.05, 0) is 23.6 Å². The fraction of sp³-hybridized carbons (Fsp3) is 0.300. The Morgan fingerprint density at radius 3 is 2.32 bits per heavy atom. The van der Waals surface area contributed by atoms with Crippen molar-refractivity contribution in [3.05, 3.63) is 70.7 Å². The minimum Gasteiger partial charge on any atom is -0.453 e. The first-order chi connectivity index (χ1) is 12.0. The topological polar surface area (TPSA) is 46.6 Å². The van der Waals surface area contributed by atoms with Crippen molar-refractivity contribution in [2.24, 2.45) is 0 Å². The summed E-state index contributed by atoms with van der Waals surface area (Å²) in [6.45, 7) is 2.81. The van der Waals surface area contributed by atoms with Crippen molar-refractivity contribution in [1.82, 2.24) is 4.90 Å². The molecule has 0 aliphatic carbocycles. The number of ketones is 1. The number of methoxy groups -OCH3 is 1. The molecule has 4 nitrogen and oxygen atoms in total. The first-order valence-electron chi connectivity index (χ1n) is 8.18. The molecule has 2 aromatic carbocycles. The van der Waals surface area contributed by atoms with Crippen LogP contribution in [0, 0.1) is 0 Å². The van der Waals surface area contributed by atoms with Crippen molar-refractivity contribution in [3.8, 4) is 0 Å². The summed E-state index contributed by atoms with van der Waals surface area (Å²) >= 11 is 5.92. The van der Waals surface area contributed by atoms with Crippen molar-refractivity contribution < 1.29 is 14.3 Å². The van der Waals surface area contributed by atoms with Crippen molar-refractivity contribution in [1.29, 1.82) is 0 Å². The summed E-state index contributed by atoms with van der Waals surface area (Å²) in [5.74, 6) is 0.108. The number of carbonyl (C=O) groups excluding carboxylic acids is 2. The Labute approximate surface area is 153 Å². The number of amides is 1. The van der Waals surface area contributed by atoms with Gasteiger partial charge in [0.15, 0.2) is 5.78 Å². The highest BCUT2D eigenvalue weighted by molar-refractivity contribution is 6.30. The van der Waals surface area contributed by atoms with Crippen LogP contribution in [0.15, 0.2) is 54.6 Å². The molecule has 2 aromatic rings. The van der Waals surface area contributed by atoms with Gasteiger partial charge in [0, 0.05) is 30.1 Å². The van der Waals surface area contributed by atoms with Crippen LogP contribution in [-0.4, -0.2) is 37.0 Å². The molecule has 0 heterocycles. The van der Waals surface area contributed by atoms with E-state index in [1.807, 2.05) is 49.4 Å². The van der Waals surface area contributed by atoms with Crippen LogP contribution >= 0.6 is 11.6 Å². The zero-order valence-corrected chi connectivity index (χ0v) is 15.2. The van der Waals surface area contributed by atoms with Crippen LogP contribution in [0.2, 0.25) is 5.02 Å². The Hall–Kier alpha value is -2.33. The van der Waals surface area contributed by atoms with Crippen molar-refractivity contribution in [3.63, 3.8) is 0 Å². The van der Waals surface area contributed by atoms with Gasteiger partial charge in [0.05, 0.1) is 7.11 Å². The number of carbonyl (C=O) groups is 2. The molecule has 0 aliphatic heterocycles. The molecule has 0 bridgehead atoms. The molecule has 0 radical (unpaired) electrons. The summed E-state index contributed by atoms with van der Waals surface area (Å²) in [7, 11) is 1.35. The number of Topliss-reactive ketones (excluding diaryl/α,β-unsaturated/α-hetero) is 1. The maximum absolute atomic E-state index is 12.3. The second kappa shape index (κ2) is 9.23. The number of hydrogen-bond donors (Lipinski definition) is 0. The summed E-state index contributed by atoms with van der Waals surface area (Å²) in [6.07, 6.45) is -0.173. The van der Waals surface area contributed by atoms with E-state index in [0.29, 0.717) is 23.7 Å². The number of hydrogen-bond acceptors (Lipinski definition) is 3. The largest absolute Gasteiger partial charge is 0.453 e. The number of halogens is 1. The zero-order chi connectivity index (χ0) is 18.2. The summed E-state index contributed by atoms with van der Waals surface area (Å²) in [5.41, 5.74) is 1.73. The lowest BCUT2D eigenvalue weighted by Gasteiger charge is -2.24. The average Bonchev–Trinajstić information content (AvgIpc) is 2.65. The SMILES string of the molecule is COC(=O)N(CCC(=O)c1ccccc1)C[C@@H](C)c1ccc(Cl)cc1. The first-order valence-corrected chi connectivity index (χ1v) is 8.55. The lowest BCUT2D eigenvalue weighted by molar-refractivity contribution is 0.0944. The third-order valence-electron chi connectivity index (χ3n) is 4.07. The highest BCUT2D eigenvalue weighted by Crippen LogP contribution is 2.20. The van der Waals surface area contributed by atoms with Gasteiger partial charge < -0.3 is 9.64 Å². The molecule has 1 amide bonds. The monoisotopic (exact) mass is 359 g/mol. The summed E-state index contributed by atoms with van der Waals surface area (Å²) in [4.78, 5) is 25.9. The highest BCUT2D eigenvalue weighted by atomic mass is 35.5. The fourth-order valence-electron chi connectivity index (χ4n) is 2.62. The molecule has 0 unspecified atom stereocenters. The second-order valence-corrected chi connectivity index (χ2v) is 6.34. The minimum atomic E-state index is -0.429. The molecule has 0 saturated carbocycles. The average molecular weight is 360 g/mol. The normalized spacial score (nSPS) is 11.6. The van der Waals surface area contributed by atoms with Crippen LogP contribution in [0.1, 0.15) is 35.2 Å². The van der Waals surface area contributed by atoms with Crippen LogP contribution < -0.4 is 0 Å². The molecule has 0 aromatic heterocycles. The van der Waals surface area contributed by atoms with Gasteiger partial charge in [-0.1, -0.05) is 61.0 Å². The Morgan fingerprint density at radius 2 is 1.72 bits per heavy atom. The van der Waals surface area contributed by atoms with Gasteiger partial charge >= 0.3 is 6.09 Å². The molecular formula is C20H22ClNO3. The molecule has 5 heteroatoms.